The predicted octanol–water partition coefficient (Wildman–Crippen LogP) is -0.662. The molecule has 5 N–H and O–H groups in total. The molecule has 0 aliphatic heterocycles. The van der Waals surface area contributed by atoms with Crippen LogP contribution in [0.15, 0.2) is 9.59 Å². The van der Waals surface area contributed by atoms with Crippen molar-refractivity contribution in [3.05, 3.63) is 20.8 Å². The highest BCUT2D eigenvalue weighted by Gasteiger charge is 2.14. The first kappa shape index (κ1) is 16.3. The van der Waals surface area contributed by atoms with Crippen molar-refractivity contribution < 1.29 is 9.84 Å². The molecule has 0 bridgehead atoms. The molecule has 1 aromatic rings. The van der Waals surface area contributed by atoms with E-state index in [9.17, 15) is 9.59 Å². The Balaban J connectivity index is 3.01. The summed E-state index contributed by atoms with van der Waals surface area (Å²) in [6, 6.07) is -0.0427. The van der Waals surface area contributed by atoms with E-state index in [4.69, 9.17) is 15.6 Å². The van der Waals surface area contributed by atoms with E-state index in [0.29, 0.717) is 19.4 Å². The number of anilines is 2. The molecule has 1 heterocycles. The van der Waals surface area contributed by atoms with E-state index in [2.05, 4.69) is 10.3 Å². The van der Waals surface area contributed by atoms with Crippen molar-refractivity contribution in [3.8, 4) is 0 Å². The SMILES string of the molecule is COCCn1c(N)c(NC(C)CCCO)c(=O)[nH]c1=O. The fourth-order valence-electron chi connectivity index (χ4n) is 1.85. The molecule has 0 fully saturated rings. The summed E-state index contributed by atoms with van der Waals surface area (Å²) in [5, 5.41) is 11.8. The number of nitrogens with zero attached hydrogens (tertiary/aromatic N) is 1. The Morgan fingerprint density at radius 2 is 2.20 bits per heavy atom. The molecule has 1 atom stereocenters. The van der Waals surface area contributed by atoms with Crippen molar-refractivity contribution in [2.24, 2.45) is 0 Å². The Hall–Kier alpha value is -1.80. The standard InChI is InChI=1S/C12H22N4O4/c1-8(4-3-6-17)14-9-10(13)16(5-7-20-2)12(19)15-11(9)18/h8,14,17H,3-7,13H2,1-2H3,(H,15,18,19). The Bertz CT molecular complexity index is 537. The zero-order chi connectivity index (χ0) is 15.1. The van der Waals surface area contributed by atoms with Gasteiger partial charge in [0.05, 0.1) is 13.2 Å². The summed E-state index contributed by atoms with van der Waals surface area (Å²) >= 11 is 0. The van der Waals surface area contributed by atoms with Crippen molar-refractivity contribution in [2.45, 2.75) is 32.4 Å². The summed E-state index contributed by atoms with van der Waals surface area (Å²) < 4.78 is 6.16. The van der Waals surface area contributed by atoms with Crippen LogP contribution in [-0.2, 0) is 11.3 Å². The third-order valence-electron chi connectivity index (χ3n) is 2.94. The first-order valence-electron chi connectivity index (χ1n) is 6.50. The Morgan fingerprint density at radius 3 is 2.80 bits per heavy atom. The number of nitrogen functional groups attached to an aromatic ring is 1. The second-order valence-corrected chi connectivity index (χ2v) is 4.58. The Kier molecular flexibility index (Phi) is 6.26. The van der Waals surface area contributed by atoms with Crippen LogP contribution in [0.2, 0.25) is 0 Å². The number of aromatic amines is 1. The van der Waals surface area contributed by atoms with Gasteiger partial charge in [-0.25, -0.2) is 4.79 Å². The molecule has 8 heteroatoms. The molecule has 0 aliphatic carbocycles. The highest BCUT2D eigenvalue weighted by Crippen LogP contribution is 2.13. The summed E-state index contributed by atoms with van der Waals surface area (Å²) in [7, 11) is 1.52. The molecule has 20 heavy (non-hydrogen) atoms. The second-order valence-electron chi connectivity index (χ2n) is 4.58. The minimum absolute atomic E-state index is 0.0427. The van der Waals surface area contributed by atoms with Crippen LogP contribution in [0, 0.1) is 0 Å². The normalized spacial score (nSPS) is 12.3. The molecule has 8 nitrogen and oxygen atoms in total. The van der Waals surface area contributed by atoms with Crippen molar-refractivity contribution in [3.63, 3.8) is 0 Å². The maximum atomic E-state index is 11.8. The van der Waals surface area contributed by atoms with E-state index in [1.54, 1.807) is 0 Å². The average Bonchev–Trinajstić information content (AvgIpc) is 2.41. The predicted molar refractivity (Wildman–Crippen MR) is 77.0 cm³/mol. The van der Waals surface area contributed by atoms with Gasteiger partial charge in [-0.15, -0.1) is 0 Å². The number of nitrogens with one attached hydrogen (secondary N) is 2. The molecule has 1 unspecified atom stereocenters. The largest absolute Gasteiger partial charge is 0.396 e. The smallest absolute Gasteiger partial charge is 0.330 e. The van der Waals surface area contributed by atoms with Gasteiger partial charge >= 0.3 is 5.69 Å². The molecule has 0 saturated heterocycles. The van der Waals surface area contributed by atoms with Gasteiger partial charge in [-0.05, 0) is 19.8 Å². The molecule has 1 rings (SSSR count). The van der Waals surface area contributed by atoms with E-state index in [1.807, 2.05) is 6.92 Å². The third-order valence-corrected chi connectivity index (χ3v) is 2.94. The van der Waals surface area contributed by atoms with Crippen molar-refractivity contribution in [2.75, 3.05) is 31.4 Å². The van der Waals surface area contributed by atoms with E-state index in [-0.39, 0.29) is 30.7 Å². The molecule has 0 radical (unpaired) electrons. The summed E-state index contributed by atoms with van der Waals surface area (Å²) in [6.45, 7) is 2.54. The van der Waals surface area contributed by atoms with Gasteiger partial charge in [-0.2, -0.15) is 0 Å². The first-order valence-corrected chi connectivity index (χ1v) is 6.50. The Morgan fingerprint density at radius 1 is 1.50 bits per heavy atom. The van der Waals surface area contributed by atoms with Gasteiger partial charge in [0.25, 0.3) is 5.56 Å². The maximum absolute atomic E-state index is 11.8. The third kappa shape index (κ3) is 4.10. The van der Waals surface area contributed by atoms with Crippen molar-refractivity contribution in [1.29, 1.82) is 0 Å². The van der Waals surface area contributed by atoms with Crippen LogP contribution >= 0.6 is 0 Å². The molecule has 0 aromatic carbocycles. The van der Waals surface area contributed by atoms with Crippen LogP contribution in [0.4, 0.5) is 11.5 Å². The number of ether oxygens (including phenoxy) is 1. The lowest BCUT2D eigenvalue weighted by Crippen LogP contribution is -2.36. The fourth-order valence-corrected chi connectivity index (χ4v) is 1.85. The van der Waals surface area contributed by atoms with E-state index in [0.717, 1.165) is 0 Å². The van der Waals surface area contributed by atoms with Crippen molar-refractivity contribution in [1.82, 2.24) is 9.55 Å². The summed E-state index contributed by atoms with van der Waals surface area (Å²) in [6.07, 6.45) is 1.31. The zero-order valence-electron chi connectivity index (χ0n) is 11.8. The summed E-state index contributed by atoms with van der Waals surface area (Å²) in [4.78, 5) is 25.7. The molecular weight excluding hydrogens is 264 g/mol. The molecular formula is C12H22N4O4. The van der Waals surface area contributed by atoms with Gasteiger partial charge in [0.2, 0.25) is 0 Å². The van der Waals surface area contributed by atoms with E-state index in [1.165, 1.54) is 11.7 Å². The topological polar surface area (TPSA) is 122 Å². The molecule has 0 saturated carbocycles. The number of hydrogen-bond acceptors (Lipinski definition) is 6. The first-order chi connectivity index (χ1) is 9.51. The lowest BCUT2D eigenvalue weighted by Gasteiger charge is -2.17. The maximum Gasteiger partial charge on any atom is 0.330 e. The fraction of sp³-hybridized carbons (Fsp3) is 0.667. The number of aliphatic hydroxyl groups excluding tert-OH is 1. The van der Waals surface area contributed by atoms with E-state index >= 15 is 0 Å². The van der Waals surface area contributed by atoms with Gasteiger partial charge in [-0.3, -0.25) is 14.3 Å². The number of H-pyrrole nitrogens is 1. The monoisotopic (exact) mass is 286 g/mol. The number of aromatic nitrogens is 2. The molecule has 0 amide bonds. The lowest BCUT2D eigenvalue weighted by atomic mass is 10.2. The van der Waals surface area contributed by atoms with Gasteiger partial charge in [0.1, 0.15) is 11.5 Å². The van der Waals surface area contributed by atoms with Gasteiger partial charge < -0.3 is 20.9 Å². The number of hydrogen-bond donors (Lipinski definition) is 4. The minimum atomic E-state index is -0.557. The van der Waals surface area contributed by atoms with Gasteiger partial charge in [0.15, 0.2) is 0 Å². The quantitative estimate of drug-likeness (QED) is 0.503. The van der Waals surface area contributed by atoms with Crippen LogP contribution in [0.1, 0.15) is 19.8 Å². The number of methoxy groups -OCH3 is 1. The second kappa shape index (κ2) is 7.71. The highest BCUT2D eigenvalue weighted by atomic mass is 16.5. The van der Waals surface area contributed by atoms with Crippen LogP contribution in [0.3, 0.4) is 0 Å². The number of aliphatic hydroxyl groups is 1. The molecule has 0 spiro atoms. The van der Waals surface area contributed by atoms with Crippen molar-refractivity contribution >= 4 is 11.5 Å². The highest BCUT2D eigenvalue weighted by molar-refractivity contribution is 5.60. The van der Waals surface area contributed by atoms with E-state index < -0.39 is 11.2 Å². The number of nitrogens with two attached hydrogens (primary N) is 1. The molecule has 1 aromatic heterocycles. The van der Waals surface area contributed by atoms with Crippen LogP contribution in [0.5, 0.6) is 0 Å². The van der Waals surface area contributed by atoms with Crippen LogP contribution < -0.4 is 22.3 Å². The molecule has 0 aliphatic rings. The zero-order valence-corrected chi connectivity index (χ0v) is 11.8. The summed E-state index contributed by atoms with van der Waals surface area (Å²) in [5.74, 6) is 0.0895. The van der Waals surface area contributed by atoms with Gasteiger partial charge in [0, 0.05) is 19.8 Å². The minimum Gasteiger partial charge on any atom is -0.396 e. The average molecular weight is 286 g/mol. The van der Waals surface area contributed by atoms with Crippen LogP contribution in [-0.4, -0.2) is 41.0 Å². The lowest BCUT2D eigenvalue weighted by molar-refractivity contribution is 0.186. The Labute approximate surface area is 116 Å². The van der Waals surface area contributed by atoms with Crippen LogP contribution in [0.25, 0.3) is 0 Å². The van der Waals surface area contributed by atoms with Gasteiger partial charge in [-0.1, -0.05) is 0 Å². The summed E-state index contributed by atoms with van der Waals surface area (Å²) in [5.41, 5.74) is 4.95. The number of rotatable bonds is 8. The molecule has 114 valence electrons.